The molecule has 7 heteroatoms. The summed E-state index contributed by atoms with van der Waals surface area (Å²) in [6.07, 6.45) is -0.951. The Morgan fingerprint density at radius 2 is 1.86 bits per heavy atom. The summed E-state index contributed by atoms with van der Waals surface area (Å²) >= 11 is 0. The van der Waals surface area contributed by atoms with Gasteiger partial charge in [-0.05, 0) is 31.5 Å². The first kappa shape index (κ1) is 18.7. The van der Waals surface area contributed by atoms with Crippen LogP contribution in [0.5, 0.6) is 5.75 Å². The van der Waals surface area contributed by atoms with Gasteiger partial charge in [0.15, 0.2) is 6.10 Å². The van der Waals surface area contributed by atoms with Crippen molar-refractivity contribution in [1.82, 2.24) is 9.78 Å². The second-order valence-corrected chi connectivity index (χ2v) is 7.03. The van der Waals surface area contributed by atoms with Gasteiger partial charge < -0.3 is 15.4 Å². The van der Waals surface area contributed by atoms with Gasteiger partial charge in [-0.25, -0.2) is 0 Å². The van der Waals surface area contributed by atoms with Crippen molar-refractivity contribution in [3.05, 3.63) is 71.5 Å². The number of aryl methyl sites for hydroxylation is 1. The molecular weight excluding hydrogens is 368 g/mol. The number of anilines is 2. The molecule has 0 fully saturated rings. The van der Waals surface area contributed by atoms with E-state index in [1.165, 1.54) is 0 Å². The number of nitrogens with zero attached hydrogens (tertiary/aromatic N) is 2. The van der Waals surface area contributed by atoms with Crippen LogP contribution in [0.2, 0.25) is 0 Å². The van der Waals surface area contributed by atoms with Gasteiger partial charge in [-0.1, -0.05) is 42.5 Å². The molecule has 2 aromatic carbocycles. The topological polar surface area (TPSA) is 85.2 Å². The monoisotopic (exact) mass is 390 g/mol. The maximum atomic E-state index is 12.6. The van der Waals surface area contributed by atoms with Crippen LogP contribution in [0.1, 0.15) is 23.4 Å². The highest BCUT2D eigenvalue weighted by atomic mass is 16.5. The lowest BCUT2D eigenvalue weighted by Crippen LogP contribution is -2.39. The molecule has 2 amide bonds. The molecule has 0 saturated heterocycles. The van der Waals surface area contributed by atoms with Crippen LogP contribution >= 0.6 is 0 Å². The summed E-state index contributed by atoms with van der Waals surface area (Å²) < 4.78 is 7.56. The van der Waals surface area contributed by atoms with Crippen LogP contribution in [-0.4, -0.2) is 27.7 Å². The summed E-state index contributed by atoms with van der Waals surface area (Å²) in [6, 6.07) is 17.2. The van der Waals surface area contributed by atoms with E-state index >= 15 is 0 Å². The molecule has 1 aliphatic heterocycles. The summed E-state index contributed by atoms with van der Waals surface area (Å²) in [5.41, 5.74) is 4.00. The number of amides is 2. The van der Waals surface area contributed by atoms with Crippen molar-refractivity contribution < 1.29 is 14.3 Å². The van der Waals surface area contributed by atoms with E-state index in [2.05, 4.69) is 15.7 Å². The van der Waals surface area contributed by atoms with E-state index in [1.54, 1.807) is 12.1 Å². The summed E-state index contributed by atoms with van der Waals surface area (Å²) in [6.45, 7) is 4.39. The second-order valence-electron chi connectivity index (χ2n) is 7.03. The number of ether oxygens (including phenoxy) is 1. The van der Waals surface area contributed by atoms with E-state index in [1.807, 2.05) is 61.0 Å². The van der Waals surface area contributed by atoms with Crippen molar-refractivity contribution >= 4 is 23.2 Å². The number of para-hydroxylation sites is 2. The number of hydrogen-bond donors (Lipinski definition) is 2. The van der Waals surface area contributed by atoms with E-state index in [-0.39, 0.29) is 18.2 Å². The van der Waals surface area contributed by atoms with Gasteiger partial charge in [0.05, 0.1) is 35.7 Å². The Kier molecular flexibility index (Phi) is 5.03. The molecule has 0 spiro atoms. The lowest BCUT2D eigenvalue weighted by atomic mass is 10.1. The van der Waals surface area contributed by atoms with Crippen LogP contribution in [0.15, 0.2) is 54.6 Å². The first-order valence-corrected chi connectivity index (χ1v) is 9.45. The molecule has 148 valence electrons. The number of aromatic nitrogens is 2. The standard InChI is InChI=1S/C22H22N4O3/c1-14-21(15(2)26(25-14)13-16-8-4-3-5-9-16)24-20(27)12-19-22(28)23-17-10-6-7-11-18(17)29-19/h3-11,19H,12-13H2,1-2H3,(H,23,28)(H,24,27). The smallest absolute Gasteiger partial charge is 0.266 e. The van der Waals surface area contributed by atoms with Gasteiger partial charge in [-0.15, -0.1) is 0 Å². The van der Waals surface area contributed by atoms with Crippen LogP contribution < -0.4 is 15.4 Å². The fraction of sp³-hybridized carbons (Fsp3) is 0.227. The van der Waals surface area contributed by atoms with Gasteiger partial charge in [0.2, 0.25) is 5.91 Å². The predicted molar refractivity (Wildman–Crippen MR) is 110 cm³/mol. The first-order valence-electron chi connectivity index (χ1n) is 9.45. The van der Waals surface area contributed by atoms with Crippen molar-refractivity contribution in [2.24, 2.45) is 0 Å². The van der Waals surface area contributed by atoms with E-state index in [9.17, 15) is 9.59 Å². The number of carbonyl (C=O) groups is 2. The fourth-order valence-corrected chi connectivity index (χ4v) is 3.37. The van der Waals surface area contributed by atoms with Crippen LogP contribution in [0.4, 0.5) is 11.4 Å². The van der Waals surface area contributed by atoms with Crippen LogP contribution in [0.3, 0.4) is 0 Å². The number of benzene rings is 2. The van der Waals surface area contributed by atoms with Crippen molar-refractivity contribution in [3.8, 4) is 5.75 Å². The Labute approximate surface area is 168 Å². The zero-order valence-corrected chi connectivity index (χ0v) is 16.3. The maximum absolute atomic E-state index is 12.6. The molecule has 1 unspecified atom stereocenters. The van der Waals surface area contributed by atoms with Gasteiger partial charge in [0.25, 0.3) is 5.91 Å². The maximum Gasteiger partial charge on any atom is 0.266 e. The van der Waals surface area contributed by atoms with Gasteiger partial charge in [-0.2, -0.15) is 5.10 Å². The average Bonchev–Trinajstić information content (AvgIpc) is 2.96. The molecule has 4 rings (SSSR count). The number of carbonyl (C=O) groups excluding carboxylic acids is 2. The fourth-order valence-electron chi connectivity index (χ4n) is 3.37. The SMILES string of the molecule is Cc1nn(Cc2ccccc2)c(C)c1NC(=O)CC1Oc2ccccc2NC1=O. The Morgan fingerprint density at radius 1 is 1.14 bits per heavy atom. The molecule has 0 radical (unpaired) electrons. The highest BCUT2D eigenvalue weighted by Crippen LogP contribution is 2.30. The summed E-state index contributed by atoms with van der Waals surface area (Å²) in [5, 5.41) is 10.2. The van der Waals surface area contributed by atoms with Gasteiger partial charge in [-0.3, -0.25) is 14.3 Å². The Hall–Kier alpha value is -3.61. The van der Waals surface area contributed by atoms with E-state index < -0.39 is 6.10 Å². The van der Waals surface area contributed by atoms with Crippen molar-refractivity contribution in [1.29, 1.82) is 0 Å². The normalized spacial score (nSPS) is 15.2. The highest BCUT2D eigenvalue weighted by molar-refractivity contribution is 6.02. The van der Waals surface area contributed by atoms with E-state index in [4.69, 9.17) is 4.74 Å². The average molecular weight is 390 g/mol. The van der Waals surface area contributed by atoms with Gasteiger partial charge in [0.1, 0.15) is 5.75 Å². The third-order valence-electron chi connectivity index (χ3n) is 4.90. The molecule has 29 heavy (non-hydrogen) atoms. The van der Waals surface area contributed by atoms with Crippen molar-refractivity contribution in [2.45, 2.75) is 32.9 Å². The van der Waals surface area contributed by atoms with Crippen molar-refractivity contribution in [3.63, 3.8) is 0 Å². The molecule has 0 saturated carbocycles. The number of rotatable bonds is 5. The Morgan fingerprint density at radius 3 is 2.66 bits per heavy atom. The van der Waals surface area contributed by atoms with E-state index in [0.29, 0.717) is 23.7 Å². The third-order valence-corrected chi connectivity index (χ3v) is 4.90. The second kappa shape index (κ2) is 7.79. The summed E-state index contributed by atoms with van der Waals surface area (Å²) in [5.74, 6) is -0.0602. The van der Waals surface area contributed by atoms with Gasteiger partial charge >= 0.3 is 0 Å². The highest BCUT2D eigenvalue weighted by Gasteiger charge is 2.30. The number of hydrogen-bond acceptors (Lipinski definition) is 4. The molecule has 2 N–H and O–H groups in total. The molecule has 1 aromatic heterocycles. The Bertz CT molecular complexity index is 1060. The number of nitrogens with one attached hydrogen (secondary N) is 2. The van der Waals surface area contributed by atoms with Crippen LogP contribution in [0, 0.1) is 13.8 Å². The molecule has 3 aromatic rings. The van der Waals surface area contributed by atoms with Gasteiger partial charge in [0, 0.05) is 0 Å². The minimum atomic E-state index is -0.870. The summed E-state index contributed by atoms with van der Waals surface area (Å²) in [4.78, 5) is 24.9. The minimum Gasteiger partial charge on any atom is -0.478 e. The zero-order chi connectivity index (χ0) is 20.4. The largest absolute Gasteiger partial charge is 0.478 e. The first-order chi connectivity index (χ1) is 14.0. The molecule has 1 aliphatic rings. The molecule has 7 nitrogen and oxygen atoms in total. The number of fused-ring (bicyclic) bond motifs is 1. The van der Waals surface area contributed by atoms with Crippen molar-refractivity contribution in [2.75, 3.05) is 10.6 Å². The molecule has 2 heterocycles. The Balaban J connectivity index is 1.44. The van der Waals surface area contributed by atoms with Crippen LogP contribution in [0.25, 0.3) is 0 Å². The lowest BCUT2D eigenvalue weighted by molar-refractivity contribution is -0.128. The molecular formula is C22H22N4O3. The zero-order valence-electron chi connectivity index (χ0n) is 16.3. The predicted octanol–water partition coefficient (Wildman–Crippen LogP) is 3.28. The quantitative estimate of drug-likeness (QED) is 0.700. The summed E-state index contributed by atoms with van der Waals surface area (Å²) in [7, 11) is 0. The van der Waals surface area contributed by atoms with E-state index in [0.717, 1.165) is 17.0 Å². The molecule has 1 atom stereocenters. The molecule has 0 bridgehead atoms. The van der Waals surface area contributed by atoms with Crippen LogP contribution in [-0.2, 0) is 16.1 Å². The minimum absolute atomic E-state index is 0.0804. The molecule has 0 aliphatic carbocycles. The lowest BCUT2D eigenvalue weighted by Gasteiger charge is -2.25. The third kappa shape index (κ3) is 3.99.